The van der Waals surface area contributed by atoms with Crippen LogP contribution in [0.1, 0.15) is 37.6 Å². The van der Waals surface area contributed by atoms with E-state index in [2.05, 4.69) is 17.1 Å². The van der Waals surface area contributed by atoms with Gasteiger partial charge in [0.15, 0.2) is 11.5 Å². The largest absolute Gasteiger partial charge is 0.493 e. The van der Waals surface area contributed by atoms with Gasteiger partial charge in [-0.2, -0.15) is 4.98 Å². The van der Waals surface area contributed by atoms with Gasteiger partial charge in [0.05, 0.1) is 14.2 Å². The van der Waals surface area contributed by atoms with Gasteiger partial charge in [-0.05, 0) is 30.2 Å². The molecule has 0 aliphatic rings. The van der Waals surface area contributed by atoms with Crippen LogP contribution in [0.25, 0.3) is 11.4 Å². The van der Waals surface area contributed by atoms with Crippen molar-refractivity contribution in [2.24, 2.45) is 0 Å². The lowest BCUT2D eigenvalue weighted by molar-refractivity contribution is -0.132. The average molecular weight is 424 g/mol. The number of nitrogens with zero attached hydrogens (tertiary/aromatic N) is 3. The highest BCUT2D eigenvalue weighted by atomic mass is 16.5. The van der Waals surface area contributed by atoms with Crippen molar-refractivity contribution in [3.05, 3.63) is 60.0 Å². The molecule has 0 aliphatic heterocycles. The first-order valence-electron chi connectivity index (χ1n) is 10.5. The van der Waals surface area contributed by atoms with Gasteiger partial charge in [0.25, 0.3) is 0 Å². The summed E-state index contributed by atoms with van der Waals surface area (Å²) in [4.78, 5) is 19.1. The highest BCUT2D eigenvalue weighted by Crippen LogP contribution is 2.31. The van der Waals surface area contributed by atoms with Crippen molar-refractivity contribution >= 4 is 5.91 Å². The lowest BCUT2D eigenvalue weighted by Gasteiger charge is -2.22. The molecule has 3 aromatic rings. The van der Waals surface area contributed by atoms with Crippen LogP contribution in [-0.4, -0.2) is 41.7 Å². The third-order valence-corrected chi connectivity index (χ3v) is 5.02. The fourth-order valence-corrected chi connectivity index (χ4v) is 3.26. The molecular formula is C24H29N3O4. The van der Waals surface area contributed by atoms with E-state index in [9.17, 15) is 4.79 Å². The molecule has 31 heavy (non-hydrogen) atoms. The Balaban J connectivity index is 1.69. The topological polar surface area (TPSA) is 77.7 Å². The first-order valence-corrected chi connectivity index (χ1v) is 10.5. The molecule has 0 saturated heterocycles. The predicted octanol–water partition coefficient (Wildman–Crippen LogP) is 4.52. The third kappa shape index (κ3) is 6.07. The van der Waals surface area contributed by atoms with E-state index < -0.39 is 0 Å². The van der Waals surface area contributed by atoms with Gasteiger partial charge < -0.3 is 18.9 Å². The van der Waals surface area contributed by atoms with Crippen LogP contribution in [0.2, 0.25) is 0 Å². The summed E-state index contributed by atoms with van der Waals surface area (Å²) in [7, 11) is 3.17. The molecule has 1 aromatic heterocycles. The maximum Gasteiger partial charge on any atom is 0.228 e. The van der Waals surface area contributed by atoms with Gasteiger partial charge in [0.1, 0.15) is 0 Å². The molecule has 0 N–H and O–H groups in total. The predicted molar refractivity (Wildman–Crippen MR) is 118 cm³/mol. The van der Waals surface area contributed by atoms with Gasteiger partial charge in [-0.15, -0.1) is 0 Å². The first-order chi connectivity index (χ1) is 15.1. The van der Waals surface area contributed by atoms with E-state index in [1.807, 2.05) is 47.4 Å². The molecule has 7 heteroatoms. The molecule has 0 atom stereocenters. The van der Waals surface area contributed by atoms with Gasteiger partial charge >= 0.3 is 0 Å². The highest BCUT2D eigenvalue weighted by molar-refractivity contribution is 5.76. The fourth-order valence-electron chi connectivity index (χ4n) is 3.26. The highest BCUT2D eigenvalue weighted by Gasteiger charge is 2.17. The maximum atomic E-state index is 12.7. The van der Waals surface area contributed by atoms with E-state index in [-0.39, 0.29) is 5.91 Å². The zero-order chi connectivity index (χ0) is 22.1. The monoisotopic (exact) mass is 423 g/mol. The minimum atomic E-state index is 0.144. The van der Waals surface area contributed by atoms with E-state index in [0.717, 1.165) is 24.0 Å². The number of methoxy groups -OCH3 is 2. The third-order valence-electron chi connectivity index (χ3n) is 5.02. The fraction of sp³-hybridized carbons (Fsp3) is 0.375. The Bertz CT molecular complexity index is 972. The SMILES string of the molecule is CCCCC(=O)N(CCc1nc(-c2ccc(OC)c(OC)c2)no1)Cc1ccccc1. The van der Waals surface area contributed by atoms with Crippen molar-refractivity contribution in [2.75, 3.05) is 20.8 Å². The number of carbonyl (C=O) groups is 1. The van der Waals surface area contributed by atoms with Crippen molar-refractivity contribution in [3.8, 4) is 22.9 Å². The molecule has 0 fully saturated rings. The number of carbonyl (C=O) groups excluding carboxylic acids is 1. The van der Waals surface area contributed by atoms with Crippen molar-refractivity contribution in [3.63, 3.8) is 0 Å². The number of hydrogen-bond acceptors (Lipinski definition) is 6. The van der Waals surface area contributed by atoms with Gasteiger partial charge in [0.2, 0.25) is 17.6 Å². The number of aromatic nitrogens is 2. The molecule has 164 valence electrons. The number of rotatable bonds is 11. The summed E-state index contributed by atoms with van der Waals surface area (Å²) in [6.45, 7) is 3.17. The molecule has 2 aromatic carbocycles. The average Bonchev–Trinajstić information content (AvgIpc) is 3.29. The number of amides is 1. The molecule has 0 radical (unpaired) electrons. The summed E-state index contributed by atoms with van der Waals surface area (Å²) < 4.78 is 16.1. The van der Waals surface area contributed by atoms with Gasteiger partial charge in [-0.25, -0.2) is 0 Å². The van der Waals surface area contributed by atoms with Crippen LogP contribution in [0.4, 0.5) is 0 Å². The Morgan fingerprint density at radius 1 is 1.06 bits per heavy atom. The summed E-state index contributed by atoms with van der Waals surface area (Å²) in [6, 6.07) is 15.5. The summed E-state index contributed by atoms with van der Waals surface area (Å²) in [5.41, 5.74) is 1.87. The van der Waals surface area contributed by atoms with Crippen molar-refractivity contribution in [1.82, 2.24) is 15.0 Å². The minimum Gasteiger partial charge on any atom is -0.493 e. The van der Waals surface area contributed by atoms with Crippen LogP contribution < -0.4 is 9.47 Å². The van der Waals surface area contributed by atoms with Crippen molar-refractivity contribution in [2.45, 2.75) is 39.2 Å². The van der Waals surface area contributed by atoms with Gasteiger partial charge in [0, 0.05) is 31.5 Å². The number of hydrogen-bond donors (Lipinski definition) is 0. The summed E-state index contributed by atoms with van der Waals surface area (Å²) in [5.74, 6) is 2.35. The Kier molecular flexibility index (Phi) is 8.04. The van der Waals surface area contributed by atoms with Crippen LogP contribution >= 0.6 is 0 Å². The van der Waals surface area contributed by atoms with Crippen LogP contribution in [0.15, 0.2) is 53.1 Å². The zero-order valence-electron chi connectivity index (χ0n) is 18.3. The Hall–Kier alpha value is -3.35. The quantitative estimate of drug-likeness (QED) is 0.451. The number of ether oxygens (including phenoxy) is 2. The molecular weight excluding hydrogens is 394 g/mol. The number of unbranched alkanes of at least 4 members (excludes halogenated alkanes) is 1. The van der Waals surface area contributed by atoms with Crippen LogP contribution in [0.5, 0.6) is 11.5 Å². The first kappa shape index (κ1) is 22.3. The minimum absolute atomic E-state index is 0.144. The molecule has 0 spiro atoms. The molecule has 1 amide bonds. The maximum absolute atomic E-state index is 12.7. The summed E-state index contributed by atoms with van der Waals surface area (Å²) in [6.07, 6.45) is 2.91. The van der Waals surface area contributed by atoms with Gasteiger partial charge in [-0.1, -0.05) is 48.8 Å². The van der Waals surface area contributed by atoms with E-state index in [4.69, 9.17) is 14.0 Å². The van der Waals surface area contributed by atoms with Crippen molar-refractivity contribution < 1.29 is 18.8 Å². The standard InChI is InChI=1S/C24H29N3O4/c1-4-5-11-23(28)27(17-18-9-7-6-8-10-18)15-14-22-25-24(26-31-22)19-12-13-20(29-2)21(16-19)30-3/h6-10,12-13,16H,4-5,11,14-15,17H2,1-3H3. The second-order valence-corrected chi connectivity index (χ2v) is 7.24. The molecule has 7 nitrogen and oxygen atoms in total. The lowest BCUT2D eigenvalue weighted by atomic mass is 10.1. The number of benzene rings is 2. The Labute approximate surface area is 183 Å². The van der Waals surface area contributed by atoms with Crippen molar-refractivity contribution in [1.29, 1.82) is 0 Å². The van der Waals surface area contributed by atoms with E-state index >= 15 is 0 Å². The molecule has 0 unspecified atom stereocenters. The molecule has 0 bridgehead atoms. The normalized spacial score (nSPS) is 10.7. The lowest BCUT2D eigenvalue weighted by Crippen LogP contribution is -2.32. The molecule has 0 saturated carbocycles. The van der Waals surface area contributed by atoms with E-state index in [0.29, 0.717) is 49.1 Å². The Morgan fingerprint density at radius 3 is 2.55 bits per heavy atom. The van der Waals surface area contributed by atoms with E-state index in [1.165, 1.54) is 0 Å². The molecule has 0 aliphatic carbocycles. The summed E-state index contributed by atoms with van der Waals surface area (Å²) >= 11 is 0. The summed E-state index contributed by atoms with van der Waals surface area (Å²) in [5, 5.41) is 4.09. The van der Waals surface area contributed by atoms with Crippen LogP contribution in [0, 0.1) is 0 Å². The van der Waals surface area contributed by atoms with Crippen LogP contribution in [0.3, 0.4) is 0 Å². The Morgan fingerprint density at radius 2 is 1.84 bits per heavy atom. The zero-order valence-corrected chi connectivity index (χ0v) is 18.3. The van der Waals surface area contributed by atoms with Crippen LogP contribution in [-0.2, 0) is 17.8 Å². The molecule has 1 heterocycles. The smallest absolute Gasteiger partial charge is 0.228 e. The van der Waals surface area contributed by atoms with Gasteiger partial charge in [-0.3, -0.25) is 4.79 Å². The second kappa shape index (κ2) is 11.2. The molecule has 3 rings (SSSR count). The van der Waals surface area contributed by atoms with E-state index in [1.54, 1.807) is 20.3 Å². The second-order valence-electron chi connectivity index (χ2n) is 7.24.